The van der Waals surface area contributed by atoms with Crippen molar-refractivity contribution < 1.29 is 0 Å². The fourth-order valence-corrected chi connectivity index (χ4v) is 2.17. The number of halogens is 3. The van der Waals surface area contributed by atoms with Crippen LogP contribution in [-0.4, -0.2) is 6.54 Å². The van der Waals surface area contributed by atoms with Crippen LogP contribution in [0.1, 0.15) is 6.92 Å². The van der Waals surface area contributed by atoms with E-state index in [1.807, 2.05) is 25.1 Å². The standard InChI is InChI=1S/C10H10Br2ClN/c1-7(5-13)6-14-10-3-2-8(11)4-9(10)12/h2-5,14H,6H2,1H3/b7-5-. The Morgan fingerprint density at radius 1 is 1.50 bits per heavy atom. The molecular weight excluding hydrogens is 329 g/mol. The Morgan fingerprint density at radius 3 is 2.79 bits per heavy atom. The van der Waals surface area contributed by atoms with E-state index in [0.29, 0.717) is 0 Å². The number of hydrogen-bond acceptors (Lipinski definition) is 1. The van der Waals surface area contributed by atoms with Crippen molar-refractivity contribution in [2.24, 2.45) is 0 Å². The summed E-state index contributed by atoms with van der Waals surface area (Å²) >= 11 is 12.4. The van der Waals surface area contributed by atoms with Gasteiger partial charge in [0.25, 0.3) is 0 Å². The molecule has 0 heterocycles. The maximum Gasteiger partial charge on any atom is 0.0487 e. The summed E-state index contributed by atoms with van der Waals surface area (Å²) in [5, 5.41) is 3.27. The van der Waals surface area contributed by atoms with E-state index in [-0.39, 0.29) is 0 Å². The Labute approximate surface area is 106 Å². The maximum atomic E-state index is 5.56. The van der Waals surface area contributed by atoms with Gasteiger partial charge in [0.1, 0.15) is 0 Å². The fraction of sp³-hybridized carbons (Fsp3) is 0.200. The second-order valence-electron chi connectivity index (χ2n) is 2.93. The first kappa shape index (κ1) is 12.1. The van der Waals surface area contributed by atoms with Gasteiger partial charge in [0.2, 0.25) is 0 Å². The molecule has 1 aromatic rings. The van der Waals surface area contributed by atoms with E-state index in [2.05, 4.69) is 37.2 Å². The third kappa shape index (κ3) is 3.64. The number of rotatable bonds is 3. The van der Waals surface area contributed by atoms with E-state index in [1.54, 1.807) is 5.54 Å². The molecule has 0 aliphatic rings. The lowest BCUT2D eigenvalue weighted by Crippen LogP contribution is -2.02. The Bertz CT molecular complexity index is 350. The van der Waals surface area contributed by atoms with Crippen molar-refractivity contribution in [3.63, 3.8) is 0 Å². The van der Waals surface area contributed by atoms with Crippen LogP contribution in [-0.2, 0) is 0 Å². The summed E-state index contributed by atoms with van der Waals surface area (Å²) in [6, 6.07) is 6.00. The Hall–Kier alpha value is 0.01000. The van der Waals surface area contributed by atoms with Gasteiger partial charge in [-0.2, -0.15) is 0 Å². The van der Waals surface area contributed by atoms with E-state index in [4.69, 9.17) is 11.6 Å². The second kappa shape index (κ2) is 5.79. The van der Waals surface area contributed by atoms with E-state index in [9.17, 15) is 0 Å². The molecule has 0 saturated heterocycles. The molecule has 1 aromatic carbocycles. The van der Waals surface area contributed by atoms with Gasteiger partial charge in [0.15, 0.2) is 0 Å². The highest BCUT2D eigenvalue weighted by atomic mass is 79.9. The minimum Gasteiger partial charge on any atom is -0.380 e. The first-order valence-corrected chi connectivity index (χ1v) is 6.10. The summed E-state index contributed by atoms with van der Waals surface area (Å²) < 4.78 is 2.09. The van der Waals surface area contributed by atoms with Crippen molar-refractivity contribution in [1.29, 1.82) is 0 Å². The summed E-state index contributed by atoms with van der Waals surface area (Å²) in [5.41, 5.74) is 3.74. The van der Waals surface area contributed by atoms with Crippen LogP contribution in [0.2, 0.25) is 0 Å². The number of nitrogens with one attached hydrogen (secondary N) is 1. The fourth-order valence-electron chi connectivity index (χ4n) is 0.906. The van der Waals surface area contributed by atoms with Gasteiger partial charge >= 0.3 is 0 Å². The number of anilines is 1. The number of benzene rings is 1. The highest BCUT2D eigenvalue weighted by Gasteiger charge is 1.99. The number of hydrogen-bond donors (Lipinski definition) is 1. The molecule has 0 atom stereocenters. The van der Waals surface area contributed by atoms with Gasteiger partial charge in [0.05, 0.1) is 0 Å². The predicted octanol–water partition coefficient (Wildman–Crippen LogP) is 4.77. The second-order valence-corrected chi connectivity index (χ2v) is 4.92. The molecule has 76 valence electrons. The quantitative estimate of drug-likeness (QED) is 0.837. The largest absolute Gasteiger partial charge is 0.380 e. The zero-order valence-electron chi connectivity index (χ0n) is 7.65. The first-order chi connectivity index (χ1) is 6.63. The van der Waals surface area contributed by atoms with E-state index in [1.165, 1.54) is 0 Å². The third-order valence-electron chi connectivity index (χ3n) is 1.68. The van der Waals surface area contributed by atoms with Crippen LogP contribution in [0.5, 0.6) is 0 Å². The maximum absolute atomic E-state index is 5.56. The van der Waals surface area contributed by atoms with Crippen LogP contribution in [0, 0.1) is 0 Å². The topological polar surface area (TPSA) is 12.0 Å². The summed E-state index contributed by atoms with van der Waals surface area (Å²) in [6.07, 6.45) is 0. The van der Waals surface area contributed by atoms with Crippen molar-refractivity contribution in [2.75, 3.05) is 11.9 Å². The molecular formula is C10H10Br2ClN. The highest BCUT2D eigenvalue weighted by molar-refractivity contribution is 9.11. The average molecular weight is 339 g/mol. The molecule has 14 heavy (non-hydrogen) atoms. The zero-order valence-corrected chi connectivity index (χ0v) is 11.6. The van der Waals surface area contributed by atoms with Gasteiger partial charge in [-0.05, 0) is 46.6 Å². The predicted molar refractivity (Wildman–Crippen MR) is 69.9 cm³/mol. The summed E-state index contributed by atoms with van der Waals surface area (Å²) in [6.45, 7) is 2.73. The minimum absolute atomic E-state index is 0.754. The van der Waals surface area contributed by atoms with Crippen LogP contribution in [0.3, 0.4) is 0 Å². The molecule has 4 heteroatoms. The van der Waals surface area contributed by atoms with Gasteiger partial charge in [-0.1, -0.05) is 27.5 Å². The van der Waals surface area contributed by atoms with E-state index >= 15 is 0 Å². The van der Waals surface area contributed by atoms with Crippen molar-refractivity contribution >= 4 is 49.1 Å². The monoisotopic (exact) mass is 337 g/mol. The molecule has 0 spiro atoms. The molecule has 1 N–H and O–H groups in total. The molecule has 0 aliphatic heterocycles. The first-order valence-electron chi connectivity index (χ1n) is 4.08. The van der Waals surface area contributed by atoms with Gasteiger partial charge in [-0.15, -0.1) is 0 Å². The molecule has 0 fully saturated rings. The average Bonchev–Trinajstić information content (AvgIpc) is 2.16. The molecule has 1 rings (SSSR count). The molecule has 0 radical (unpaired) electrons. The van der Waals surface area contributed by atoms with Crippen LogP contribution >= 0.6 is 43.5 Å². The molecule has 0 aromatic heterocycles. The van der Waals surface area contributed by atoms with Crippen molar-refractivity contribution in [2.45, 2.75) is 6.92 Å². The Kier molecular flexibility index (Phi) is 4.99. The molecule has 0 bridgehead atoms. The smallest absolute Gasteiger partial charge is 0.0487 e. The van der Waals surface area contributed by atoms with Gasteiger partial charge in [0, 0.05) is 26.7 Å². The zero-order chi connectivity index (χ0) is 10.6. The Balaban J connectivity index is 2.68. The lowest BCUT2D eigenvalue weighted by molar-refractivity contribution is 1.21. The van der Waals surface area contributed by atoms with Gasteiger partial charge < -0.3 is 5.32 Å². The molecule has 0 amide bonds. The lowest BCUT2D eigenvalue weighted by atomic mass is 10.3. The van der Waals surface area contributed by atoms with Crippen LogP contribution in [0.15, 0.2) is 38.3 Å². The van der Waals surface area contributed by atoms with E-state index in [0.717, 1.165) is 26.8 Å². The molecule has 0 unspecified atom stereocenters. The molecule has 1 nitrogen and oxygen atoms in total. The van der Waals surface area contributed by atoms with Gasteiger partial charge in [-0.25, -0.2) is 0 Å². The van der Waals surface area contributed by atoms with Crippen molar-refractivity contribution in [3.8, 4) is 0 Å². The van der Waals surface area contributed by atoms with Crippen LogP contribution in [0.25, 0.3) is 0 Å². The normalized spacial score (nSPS) is 11.6. The summed E-state index contributed by atoms with van der Waals surface area (Å²) in [7, 11) is 0. The molecule has 0 aliphatic carbocycles. The Morgan fingerprint density at radius 2 is 2.21 bits per heavy atom. The molecule has 0 saturated carbocycles. The van der Waals surface area contributed by atoms with Crippen molar-refractivity contribution in [1.82, 2.24) is 0 Å². The van der Waals surface area contributed by atoms with Crippen LogP contribution < -0.4 is 5.32 Å². The lowest BCUT2D eigenvalue weighted by Gasteiger charge is -2.08. The van der Waals surface area contributed by atoms with Gasteiger partial charge in [-0.3, -0.25) is 0 Å². The minimum atomic E-state index is 0.754. The SMILES string of the molecule is C/C(=C/Cl)CNc1ccc(Br)cc1Br. The third-order valence-corrected chi connectivity index (χ3v) is 3.20. The van der Waals surface area contributed by atoms with E-state index < -0.39 is 0 Å². The van der Waals surface area contributed by atoms with Crippen LogP contribution in [0.4, 0.5) is 5.69 Å². The van der Waals surface area contributed by atoms with Crippen molar-refractivity contribution in [3.05, 3.63) is 38.3 Å². The summed E-state index contributed by atoms with van der Waals surface area (Å²) in [5.74, 6) is 0. The highest BCUT2D eigenvalue weighted by Crippen LogP contribution is 2.26. The summed E-state index contributed by atoms with van der Waals surface area (Å²) in [4.78, 5) is 0.